The van der Waals surface area contributed by atoms with Gasteiger partial charge in [-0.2, -0.15) is 10.1 Å². The van der Waals surface area contributed by atoms with Crippen LogP contribution in [-0.4, -0.2) is 46.7 Å². The first-order valence-corrected chi connectivity index (χ1v) is 11.6. The van der Waals surface area contributed by atoms with E-state index >= 15 is 0 Å². The van der Waals surface area contributed by atoms with E-state index in [4.69, 9.17) is 4.74 Å². The number of nitrogens with zero attached hydrogens (tertiary/aromatic N) is 4. The van der Waals surface area contributed by atoms with E-state index in [1.165, 1.54) is 18.2 Å². The molecule has 0 radical (unpaired) electrons. The van der Waals surface area contributed by atoms with Gasteiger partial charge in [-0.1, -0.05) is 19.9 Å². The van der Waals surface area contributed by atoms with E-state index in [0.717, 1.165) is 0 Å². The van der Waals surface area contributed by atoms with Crippen LogP contribution >= 0.6 is 0 Å². The van der Waals surface area contributed by atoms with Gasteiger partial charge in [-0.05, 0) is 36.6 Å². The Morgan fingerprint density at radius 3 is 2.75 bits per heavy atom. The Hall–Kier alpha value is -3.47. The van der Waals surface area contributed by atoms with E-state index in [-0.39, 0.29) is 40.8 Å². The maximum Gasteiger partial charge on any atom is 0.264 e. The predicted molar refractivity (Wildman–Crippen MR) is 118 cm³/mol. The van der Waals surface area contributed by atoms with Crippen molar-refractivity contribution >= 4 is 21.9 Å². The zero-order valence-electron chi connectivity index (χ0n) is 17.9. The van der Waals surface area contributed by atoms with Crippen LogP contribution in [0.4, 0.5) is 5.95 Å². The Bertz CT molecular complexity index is 1250. The molecule has 2 N–H and O–H groups in total. The third kappa shape index (κ3) is 4.72. The van der Waals surface area contributed by atoms with Gasteiger partial charge in [-0.25, -0.2) is 18.1 Å². The average Bonchev–Trinajstić information content (AvgIpc) is 3.16. The van der Waals surface area contributed by atoms with Crippen molar-refractivity contribution in [2.45, 2.75) is 31.2 Å². The quantitative estimate of drug-likeness (QED) is 0.618. The summed E-state index contributed by atoms with van der Waals surface area (Å²) in [5.74, 6) is -0.0197. The van der Waals surface area contributed by atoms with Crippen LogP contribution in [-0.2, 0) is 17.1 Å². The fourth-order valence-electron chi connectivity index (χ4n) is 3.48. The topological polar surface area (TPSA) is 128 Å². The normalized spacial score (nSPS) is 17.9. The number of nitrogens with one attached hydrogen (secondary N) is 2. The number of aromatic nitrogens is 4. The van der Waals surface area contributed by atoms with Crippen molar-refractivity contribution in [3.05, 3.63) is 48.2 Å². The zero-order chi connectivity index (χ0) is 22.9. The summed E-state index contributed by atoms with van der Waals surface area (Å²) in [6.45, 7) is 4.26. The lowest BCUT2D eigenvalue weighted by atomic mass is 10.0. The lowest BCUT2D eigenvalue weighted by Crippen LogP contribution is -2.40. The van der Waals surface area contributed by atoms with Gasteiger partial charge < -0.3 is 10.1 Å². The number of hydrogen-bond donors (Lipinski definition) is 2. The van der Waals surface area contributed by atoms with Gasteiger partial charge in [-0.15, -0.1) is 0 Å². The number of sulfonamides is 1. The molecule has 1 amide bonds. The number of aryl methyl sites for hydroxylation is 1. The first kappa shape index (κ1) is 21.8. The van der Waals surface area contributed by atoms with Gasteiger partial charge in [-0.3, -0.25) is 9.48 Å². The number of carbonyl (C=O) groups is 1. The second-order valence-corrected chi connectivity index (χ2v) is 9.68. The number of anilines is 1. The first-order chi connectivity index (χ1) is 15.2. The summed E-state index contributed by atoms with van der Waals surface area (Å²) in [6, 6.07) is 8.90. The van der Waals surface area contributed by atoms with Crippen LogP contribution in [0.5, 0.6) is 5.88 Å². The Balaban J connectivity index is 1.82. The molecule has 10 nitrogen and oxygen atoms in total. The number of rotatable bonds is 3. The highest BCUT2D eigenvalue weighted by Crippen LogP contribution is 2.24. The number of fused-ring (bicyclic) bond motifs is 4. The van der Waals surface area contributed by atoms with Crippen LogP contribution in [0, 0.1) is 5.92 Å². The van der Waals surface area contributed by atoms with Crippen LogP contribution in [0.1, 0.15) is 30.6 Å². The molecule has 2 aromatic heterocycles. The van der Waals surface area contributed by atoms with Crippen molar-refractivity contribution in [3.63, 3.8) is 0 Å². The number of amides is 1. The third-order valence-electron chi connectivity index (χ3n) is 4.94. The van der Waals surface area contributed by atoms with E-state index < -0.39 is 10.0 Å². The molecule has 0 saturated heterocycles. The van der Waals surface area contributed by atoms with Crippen LogP contribution in [0.25, 0.3) is 11.4 Å². The van der Waals surface area contributed by atoms with E-state index in [1.807, 2.05) is 13.8 Å². The number of hydrogen-bond acceptors (Lipinski definition) is 7. The summed E-state index contributed by atoms with van der Waals surface area (Å²) >= 11 is 0. The van der Waals surface area contributed by atoms with Crippen LogP contribution < -0.4 is 14.8 Å². The molecule has 0 unspecified atom stereocenters. The summed E-state index contributed by atoms with van der Waals surface area (Å²) in [4.78, 5) is 21.3. The molecular weight excluding hydrogens is 432 g/mol. The Morgan fingerprint density at radius 2 is 2.03 bits per heavy atom. The predicted octanol–water partition coefficient (Wildman–Crippen LogP) is 2.21. The SMILES string of the molecule is CC(C)C[C@@H]1COc2cc(-c3ccnn3C)nc(n2)NS(=O)(=O)c2cccc(c2)C(=O)N1. The Kier molecular flexibility index (Phi) is 5.83. The minimum atomic E-state index is -4.04. The minimum Gasteiger partial charge on any atom is -0.475 e. The summed E-state index contributed by atoms with van der Waals surface area (Å²) in [7, 11) is -2.29. The fraction of sp³-hybridized carbons (Fsp3) is 0.333. The van der Waals surface area contributed by atoms with Gasteiger partial charge in [0.05, 0.1) is 22.3 Å². The second-order valence-electron chi connectivity index (χ2n) is 8.00. The van der Waals surface area contributed by atoms with Crippen molar-refractivity contribution in [1.82, 2.24) is 25.1 Å². The minimum absolute atomic E-state index is 0.0678. The molecule has 32 heavy (non-hydrogen) atoms. The van der Waals surface area contributed by atoms with Gasteiger partial charge in [0.1, 0.15) is 6.61 Å². The van der Waals surface area contributed by atoms with Crippen molar-refractivity contribution in [1.29, 1.82) is 0 Å². The van der Waals surface area contributed by atoms with Gasteiger partial charge in [0, 0.05) is 24.9 Å². The van der Waals surface area contributed by atoms with Crippen LogP contribution in [0.15, 0.2) is 47.5 Å². The molecule has 3 aromatic rings. The molecule has 0 saturated carbocycles. The van der Waals surface area contributed by atoms with Gasteiger partial charge in [0.2, 0.25) is 11.8 Å². The highest BCUT2D eigenvalue weighted by molar-refractivity contribution is 7.92. The first-order valence-electron chi connectivity index (χ1n) is 10.2. The summed E-state index contributed by atoms with van der Waals surface area (Å²) in [5, 5.41) is 7.08. The molecule has 11 heteroatoms. The molecule has 4 rings (SSSR count). The molecule has 168 valence electrons. The highest BCUT2D eigenvalue weighted by Gasteiger charge is 2.23. The lowest BCUT2D eigenvalue weighted by molar-refractivity contribution is 0.0913. The molecule has 4 bridgehead atoms. The summed E-state index contributed by atoms with van der Waals surface area (Å²) in [6.07, 6.45) is 2.29. The van der Waals surface area contributed by atoms with E-state index in [1.54, 1.807) is 36.1 Å². The lowest BCUT2D eigenvalue weighted by Gasteiger charge is -2.21. The monoisotopic (exact) mass is 456 g/mol. The standard InChI is InChI=1S/C21H24N6O4S/c1-13(2)9-15-12-31-19-11-17(18-7-8-22-27(18)3)24-21(25-19)26-32(29,30)16-6-4-5-14(10-16)20(28)23-15/h4-8,10-11,13,15H,9,12H2,1-3H3,(H,23,28)(H,24,25,26)/t15-/m1/s1. The molecule has 1 aliphatic heterocycles. The van der Waals surface area contributed by atoms with Crippen molar-refractivity contribution in [2.75, 3.05) is 11.3 Å². The number of benzene rings is 1. The number of ether oxygens (including phenoxy) is 1. The molecule has 1 aliphatic rings. The van der Waals surface area contributed by atoms with Crippen LogP contribution in [0.2, 0.25) is 0 Å². The maximum absolute atomic E-state index is 13.0. The van der Waals surface area contributed by atoms with Crippen LogP contribution in [0.3, 0.4) is 0 Å². The Labute approximate surface area is 186 Å². The van der Waals surface area contributed by atoms with Gasteiger partial charge in [0.25, 0.3) is 15.9 Å². The third-order valence-corrected chi connectivity index (χ3v) is 6.27. The van der Waals surface area contributed by atoms with Gasteiger partial charge in [0.15, 0.2) is 0 Å². The zero-order valence-corrected chi connectivity index (χ0v) is 18.8. The largest absolute Gasteiger partial charge is 0.475 e. The second kappa shape index (κ2) is 8.58. The molecule has 0 spiro atoms. The molecule has 0 fully saturated rings. The fourth-order valence-corrected chi connectivity index (χ4v) is 4.47. The smallest absolute Gasteiger partial charge is 0.264 e. The molecule has 1 atom stereocenters. The van der Waals surface area contributed by atoms with Crippen molar-refractivity contribution in [2.24, 2.45) is 13.0 Å². The van der Waals surface area contributed by atoms with E-state index in [2.05, 4.69) is 25.1 Å². The maximum atomic E-state index is 13.0. The molecule has 1 aromatic carbocycles. The van der Waals surface area contributed by atoms with Crippen molar-refractivity contribution < 1.29 is 17.9 Å². The number of carbonyl (C=O) groups excluding carboxylic acids is 1. The highest BCUT2D eigenvalue weighted by atomic mass is 32.2. The van der Waals surface area contributed by atoms with Gasteiger partial charge >= 0.3 is 0 Å². The average molecular weight is 457 g/mol. The Morgan fingerprint density at radius 1 is 1.22 bits per heavy atom. The van der Waals surface area contributed by atoms with E-state index in [9.17, 15) is 13.2 Å². The summed E-state index contributed by atoms with van der Waals surface area (Å²) in [5.41, 5.74) is 1.35. The van der Waals surface area contributed by atoms with Crippen molar-refractivity contribution in [3.8, 4) is 17.3 Å². The summed E-state index contributed by atoms with van der Waals surface area (Å²) < 4.78 is 35.9. The molecular formula is C21H24N6O4S. The van der Waals surface area contributed by atoms with E-state index in [0.29, 0.717) is 23.7 Å². The molecule has 3 heterocycles. The molecule has 0 aliphatic carbocycles.